The third-order valence-electron chi connectivity index (χ3n) is 2.06. The van der Waals surface area contributed by atoms with E-state index in [-0.39, 0.29) is 29.9 Å². The normalized spacial score (nSPS) is 10.4. The average Bonchev–Trinajstić information content (AvgIpc) is 2.28. The number of rotatable bonds is 5. The van der Waals surface area contributed by atoms with Crippen LogP contribution in [-0.2, 0) is 9.53 Å². The van der Waals surface area contributed by atoms with E-state index in [2.05, 4.69) is 5.32 Å². The number of anilines is 1. The molecule has 1 aromatic carbocycles. The molecule has 0 saturated carbocycles. The predicted octanol–water partition coefficient (Wildman–Crippen LogP) is 1.45. The average molecular weight is 253 g/mol. The number of hydrogen-bond donors (Lipinski definition) is 3. The third kappa shape index (κ3) is 4.06. The van der Waals surface area contributed by atoms with E-state index >= 15 is 0 Å². The summed E-state index contributed by atoms with van der Waals surface area (Å²) in [5, 5.41) is 20.6. The topological polar surface area (TPSA) is 95.9 Å². The van der Waals surface area contributed by atoms with E-state index in [9.17, 15) is 14.7 Å². The summed E-state index contributed by atoms with van der Waals surface area (Å²) >= 11 is 0. The molecule has 6 nitrogen and oxygen atoms in total. The number of nitrogens with one attached hydrogen (secondary N) is 1. The Morgan fingerprint density at radius 2 is 2.06 bits per heavy atom. The fourth-order valence-electron chi connectivity index (χ4n) is 1.22. The molecule has 3 N–H and O–H groups in total. The first-order valence-electron chi connectivity index (χ1n) is 5.38. The van der Waals surface area contributed by atoms with Crippen molar-refractivity contribution >= 4 is 17.6 Å². The molecule has 18 heavy (non-hydrogen) atoms. The van der Waals surface area contributed by atoms with Gasteiger partial charge in [-0.15, -0.1) is 0 Å². The molecule has 0 aliphatic rings. The van der Waals surface area contributed by atoms with E-state index in [1.165, 1.54) is 18.2 Å². The molecule has 1 amide bonds. The van der Waals surface area contributed by atoms with E-state index in [1.807, 2.05) is 0 Å². The molecule has 1 rings (SSSR count). The molecule has 0 unspecified atom stereocenters. The van der Waals surface area contributed by atoms with Crippen molar-refractivity contribution in [2.45, 2.75) is 20.0 Å². The lowest BCUT2D eigenvalue weighted by Crippen LogP contribution is -2.20. The van der Waals surface area contributed by atoms with Gasteiger partial charge < -0.3 is 20.3 Å². The predicted molar refractivity (Wildman–Crippen MR) is 64.8 cm³/mol. The van der Waals surface area contributed by atoms with Crippen LogP contribution in [0.2, 0.25) is 0 Å². The molecular formula is C12H15NO5. The summed E-state index contributed by atoms with van der Waals surface area (Å²) in [6.07, 6.45) is -0.0647. The first-order valence-corrected chi connectivity index (χ1v) is 5.38. The zero-order chi connectivity index (χ0) is 13.7. The molecule has 1 aromatic rings. The molecule has 0 bridgehead atoms. The maximum atomic E-state index is 11.4. The zero-order valence-corrected chi connectivity index (χ0v) is 10.1. The highest BCUT2D eigenvalue weighted by molar-refractivity contribution is 5.96. The minimum absolute atomic E-state index is 0.0647. The van der Waals surface area contributed by atoms with Crippen molar-refractivity contribution in [3.63, 3.8) is 0 Å². The quantitative estimate of drug-likeness (QED) is 0.690. The monoisotopic (exact) mass is 253 g/mol. The van der Waals surface area contributed by atoms with Crippen LogP contribution in [0.25, 0.3) is 0 Å². The Labute approximate surface area is 104 Å². The Hall–Kier alpha value is -2.08. The van der Waals surface area contributed by atoms with Crippen molar-refractivity contribution in [2.24, 2.45) is 0 Å². The Balaban J connectivity index is 2.70. The van der Waals surface area contributed by atoms with Crippen molar-refractivity contribution < 1.29 is 24.5 Å². The summed E-state index contributed by atoms with van der Waals surface area (Å²) < 4.78 is 5.10. The minimum Gasteiger partial charge on any atom is -0.507 e. The Morgan fingerprint density at radius 3 is 2.61 bits per heavy atom. The van der Waals surface area contributed by atoms with Gasteiger partial charge >= 0.3 is 5.97 Å². The molecule has 0 radical (unpaired) electrons. The zero-order valence-electron chi connectivity index (χ0n) is 10.1. The van der Waals surface area contributed by atoms with Gasteiger partial charge in [0.05, 0.1) is 6.10 Å². The van der Waals surface area contributed by atoms with Crippen molar-refractivity contribution in [1.82, 2.24) is 0 Å². The van der Waals surface area contributed by atoms with E-state index in [0.29, 0.717) is 5.69 Å². The highest BCUT2D eigenvalue weighted by Gasteiger charge is 2.11. The van der Waals surface area contributed by atoms with Gasteiger partial charge in [-0.2, -0.15) is 0 Å². The number of ether oxygens (including phenoxy) is 1. The van der Waals surface area contributed by atoms with E-state index in [4.69, 9.17) is 9.84 Å². The summed E-state index contributed by atoms with van der Waals surface area (Å²) in [6, 6.07) is 3.81. The van der Waals surface area contributed by atoms with Gasteiger partial charge in [0.1, 0.15) is 17.9 Å². The van der Waals surface area contributed by atoms with Crippen LogP contribution in [0.15, 0.2) is 18.2 Å². The summed E-state index contributed by atoms with van der Waals surface area (Å²) in [6.45, 7) is 3.49. The van der Waals surface area contributed by atoms with Crippen molar-refractivity contribution in [3.8, 4) is 5.75 Å². The van der Waals surface area contributed by atoms with Gasteiger partial charge in [0.25, 0.3) is 0 Å². The van der Waals surface area contributed by atoms with Crippen LogP contribution in [-0.4, -0.2) is 34.8 Å². The molecule has 0 aliphatic heterocycles. The number of aromatic carboxylic acids is 1. The maximum absolute atomic E-state index is 11.4. The Bertz CT molecular complexity index is 456. The van der Waals surface area contributed by atoms with Gasteiger partial charge in [-0.25, -0.2) is 4.79 Å². The minimum atomic E-state index is -1.26. The number of carboxylic acids is 1. The second kappa shape index (κ2) is 6.02. The molecule has 0 spiro atoms. The van der Waals surface area contributed by atoms with Crippen molar-refractivity contribution in [3.05, 3.63) is 23.8 Å². The molecular weight excluding hydrogens is 238 g/mol. The van der Waals surface area contributed by atoms with Gasteiger partial charge in [0, 0.05) is 5.69 Å². The highest BCUT2D eigenvalue weighted by Crippen LogP contribution is 2.21. The number of carboxylic acid groups (broad SMARTS) is 1. The van der Waals surface area contributed by atoms with E-state index in [1.54, 1.807) is 13.8 Å². The molecule has 0 atom stereocenters. The number of phenols is 1. The molecule has 98 valence electrons. The number of amides is 1. The van der Waals surface area contributed by atoms with Crippen LogP contribution in [0.5, 0.6) is 5.75 Å². The lowest BCUT2D eigenvalue weighted by molar-refractivity contribution is -0.121. The largest absolute Gasteiger partial charge is 0.507 e. The van der Waals surface area contributed by atoms with E-state index in [0.717, 1.165) is 0 Å². The van der Waals surface area contributed by atoms with Gasteiger partial charge in [-0.3, -0.25) is 4.79 Å². The molecule has 0 aliphatic carbocycles. The summed E-state index contributed by atoms with van der Waals surface area (Å²) in [5.74, 6) is -1.99. The first-order chi connectivity index (χ1) is 8.40. The SMILES string of the molecule is CC(C)OCC(=O)Nc1ccc(O)c(C(=O)O)c1. The van der Waals surface area contributed by atoms with Crippen LogP contribution in [0.3, 0.4) is 0 Å². The Kier molecular flexibility index (Phi) is 4.67. The lowest BCUT2D eigenvalue weighted by Gasteiger charge is -2.09. The second-order valence-corrected chi connectivity index (χ2v) is 3.95. The third-order valence-corrected chi connectivity index (χ3v) is 2.06. The van der Waals surface area contributed by atoms with Gasteiger partial charge in [0.2, 0.25) is 5.91 Å². The van der Waals surface area contributed by atoms with Crippen LogP contribution < -0.4 is 5.32 Å². The van der Waals surface area contributed by atoms with Gasteiger partial charge in [-0.1, -0.05) is 0 Å². The fourth-order valence-corrected chi connectivity index (χ4v) is 1.22. The van der Waals surface area contributed by atoms with Crippen molar-refractivity contribution in [2.75, 3.05) is 11.9 Å². The Morgan fingerprint density at radius 1 is 1.39 bits per heavy atom. The molecule has 0 saturated heterocycles. The van der Waals surface area contributed by atoms with Crippen LogP contribution in [0, 0.1) is 0 Å². The maximum Gasteiger partial charge on any atom is 0.339 e. The number of benzene rings is 1. The summed E-state index contributed by atoms with van der Waals surface area (Å²) in [7, 11) is 0. The first kappa shape index (κ1) is 14.0. The van der Waals surface area contributed by atoms with Crippen LogP contribution in [0.4, 0.5) is 5.69 Å². The van der Waals surface area contributed by atoms with Crippen molar-refractivity contribution in [1.29, 1.82) is 0 Å². The van der Waals surface area contributed by atoms with E-state index < -0.39 is 5.97 Å². The molecule has 0 heterocycles. The standard InChI is InChI=1S/C12H15NO5/c1-7(2)18-6-11(15)13-8-3-4-10(14)9(5-8)12(16)17/h3-5,7,14H,6H2,1-2H3,(H,13,15)(H,16,17). The lowest BCUT2D eigenvalue weighted by atomic mass is 10.2. The molecule has 0 aromatic heterocycles. The second-order valence-electron chi connectivity index (χ2n) is 3.95. The van der Waals surface area contributed by atoms with Crippen LogP contribution in [0.1, 0.15) is 24.2 Å². The summed E-state index contributed by atoms with van der Waals surface area (Å²) in [4.78, 5) is 22.2. The molecule has 0 fully saturated rings. The molecule has 6 heteroatoms. The number of aromatic hydroxyl groups is 1. The highest BCUT2D eigenvalue weighted by atomic mass is 16.5. The van der Waals surface area contributed by atoms with Crippen LogP contribution >= 0.6 is 0 Å². The number of carbonyl (C=O) groups is 2. The van der Waals surface area contributed by atoms with Gasteiger partial charge in [0.15, 0.2) is 0 Å². The number of hydrogen-bond acceptors (Lipinski definition) is 4. The van der Waals surface area contributed by atoms with Gasteiger partial charge in [-0.05, 0) is 32.0 Å². The summed E-state index contributed by atoms with van der Waals surface area (Å²) in [5.41, 5.74) is 0.0279. The smallest absolute Gasteiger partial charge is 0.339 e. The fraction of sp³-hybridized carbons (Fsp3) is 0.333. The number of carbonyl (C=O) groups excluding carboxylic acids is 1.